The number of amides is 3. The lowest BCUT2D eigenvalue weighted by Crippen LogP contribution is -2.66. The summed E-state index contributed by atoms with van der Waals surface area (Å²) in [5, 5.41) is 3.14. The van der Waals surface area contributed by atoms with Gasteiger partial charge in [0.2, 0.25) is 17.7 Å². The first-order chi connectivity index (χ1) is 17.0. The summed E-state index contributed by atoms with van der Waals surface area (Å²) in [6, 6.07) is 15.1. The van der Waals surface area contributed by atoms with Crippen molar-refractivity contribution in [2.24, 2.45) is 11.8 Å². The zero-order valence-electron chi connectivity index (χ0n) is 20.7. The number of piperazine rings is 1. The summed E-state index contributed by atoms with van der Waals surface area (Å²) in [7, 11) is 0. The highest BCUT2D eigenvalue weighted by atomic mass is 16.2. The van der Waals surface area contributed by atoms with E-state index in [0.717, 1.165) is 43.4 Å². The number of anilines is 1. The summed E-state index contributed by atoms with van der Waals surface area (Å²) in [4.78, 5) is 43.8. The molecule has 2 fully saturated rings. The van der Waals surface area contributed by atoms with Crippen LogP contribution in [0.25, 0.3) is 0 Å². The Labute approximate surface area is 207 Å². The second kappa shape index (κ2) is 9.84. The summed E-state index contributed by atoms with van der Waals surface area (Å²) in [5.74, 6) is 0.222. The van der Waals surface area contributed by atoms with Crippen LogP contribution in [0, 0.1) is 11.8 Å². The van der Waals surface area contributed by atoms with E-state index in [1.807, 2.05) is 46.2 Å². The predicted molar refractivity (Wildman–Crippen MR) is 136 cm³/mol. The third-order valence-electron chi connectivity index (χ3n) is 8.20. The van der Waals surface area contributed by atoms with Gasteiger partial charge in [-0.15, -0.1) is 0 Å². The third kappa shape index (κ3) is 4.35. The van der Waals surface area contributed by atoms with Crippen LogP contribution in [-0.2, 0) is 33.8 Å². The summed E-state index contributed by atoms with van der Waals surface area (Å²) >= 11 is 0. The number of rotatable bonds is 7. The molecule has 6 heteroatoms. The van der Waals surface area contributed by atoms with E-state index in [-0.39, 0.29) is 29.6 Å². The molecule has 2 aliphatic heterocycles. The van der Waals surface area contributed by atoms with E-state index in [0.29, 0.717) is 19.5 Å². The zero-order chi connectivity index (χ0) is 24.5. The first kappa shape index (κ1) is 23.6. The minimum atomic E-state index is -0.527. The number of para-hydroxylation sites is 1. The summed E-state index contributed by atoms with van der Waals surface area (Å²) in [6.45, 7) is 5.20. The van der Waals surface area contributed by atoms with E-state index < -0.39 is 12.1 Å². The van der Waals surface area contributed by atoms with Crippen LogP contribution in [0.3, 0.4) is 0 Å². The van der Waals surface area contributed by atoms with Gasteiger partial charge in [0.25, 0.3) is 0 Å². The van der Waals surface area contributed by atoms with Crippen molar-refractivity contribution in [2.45, 2.75) is 71.0 Å². The molecule has 2 aromatic rings. The fraction of sp³-hybridized carbons (Fsp3) is 0.483. The molecule has 184 valence electrons. The van der Waals surface area contributed by atoms with Gasteiger partial charge in [-0.1, -0.05) is 69.2 Å². The van der Waals surface area contributed by atoms with Crippen molar-refractivity contribution in [1.29, 1.82) is 0 Å². The van der Waals surface area contributed by atoms with E-state index in [1.165, 1.54) is 11.1 Å². The summed E-state index contributed by atoms with van der Waals surface area (Å²) in [6.07, 6.45) is 4.65. The number of nitrogens with zero attached hydrogens (tertiary/aromatic N) is 2. The molecule has 0 saturated carbocycles. The molecule has 3 amide bonds. The summed E-state index contributed by atoms with van der Waals surface area (Å²) in [5.41, 5.74) is 4.33. The Balaban J connectivity index is 1.47. The normalized spacial score (nSPS) is 22.8. The fourth-order valence-electron chi connectivity index (χ4n) is 6.28. The minimum Gasteiger partial charge on any atom is -0.342 e. The van der Waals surface area contributed by atoms with E-state index in [2.05, 4.69) is 31.3 Å². The molecule has 0 radical (unpaired) electrons. The second-order valence-electron chi connectivity index (χ2n) is 10.2. The van der Waals surface area contributed by atoms with E-state index in [4.69, 9.17) is 0 Å². The number of fused-ring (bicyclic) bond motifs is 1. The lowest BCUT2D eigenvalue weighted by molar-refractivity contribution is -0.154. The largest absolute Gasteiger partial charge is 0.342 e. The molecule has 0 spiro atoms. The highest BCUT2D eigenvalue weighted by molar-refractivity contribution is 5.98. The van der Waals surface area contributed by atoms with Gasteiger partial charge in [0, 0.05) is 25.2 Å². The number of benzene rings is 2. The van der Waals surface area contributed by atoms with Crippen LogP contribution in [0.1, 0.15) is 56.2 Å². The maximum atomic E-state index is 14.1. The molecule has 6 nitrogen and oxygen atoms in total. The van der Waals surface area contributed by atoms with Crippen molar-refractivity contribution in [3.63, 3.8) is 0 Å². The van der Waals surface area contributed by atoms with Gasteiger partial charge in [0.15, 0.2) is 0 Å². The topological polar surface area (TPSA) is 69.7 Å². The van der Waals surface area contributed by atoms with Crippen LogP contribution in [0.4, 0.5) is 5.69 Å². The van der Waals surface area contributed by atoms with Gasteiger partial charge in [-0.25, -0.2) is 0 Å². The Morgan fingerprint density at radius 1 is 0.943 bits per heavy atom. The molecule has 3 aliphatic rings. The van der Waals surface area contributed by atoms with Gasteiger partial charge >= 0.3 is 0 Å². The molecule has 2 atom stereocenters. The van der Waals surface area contributed by atoms with Gasteiger partial charge in [-0.2, -0.15) is 0 Å². The third-order valence-corrected chi connectivity index (χ3v) is 8.20. The van der Waals surface area contributed by atoms with Gasteiger partial charge < -0.3 is 15.1 Å². The first-order valence-electron chi connectivity index (χ1n) is 13.1. The molecule has 5 rings (SSSR count). The molecule has 2 heterocycles. The molecule has 0 aromatic heterocycles. The van der Waals surface area contributed by atoms with E-state index in [1.54, 1.807) is 0 Å². The molecule has 1 aliphatic carbocycles. The second-order valence-corrected chi connectivity index (χ2v) is 10.2. The number of carbonyl (C=O) groups is 3. The van der Waals surface area contributed by atoms with E-state index in [9.17, 15) is 14.4 Å². The van der Waals surface area contributed by atoms with Crippen molar-refractivity contribution in [3.05, 3.63) is 65.2 Å². The van der Waals surface area contributed by atoms with Crippen molar-refractivity contribution in [1.82, 2.24) is 10.2 Å². The van der Waals surface area contributed by atoms with Crippen molar-refractivity contribution < 1.29 is 14.4 Å². The molecule has 35 heavy (non-hydrogen) atoms. The Kier molecular flexibility index (Phi) is 6.63. The maximum absolute atomic E-state index is 14.1. The van der Waals surface area contributed by atoms with Gasteiger partial charge in [-0.3, -0.25) is 14.4 Å². The fourth-order valence-corrected chi connectivity index (χ4v) is 6.28. The molecule has 1 unspecified atom stereocenters. The first-order valence-corrected chi connectivity index (χ1v) is 13.1. The van der Waals surface area contributed by atoms with Gasteiger partial charge in [0.1, 0.15) is 12.1 Å². The Hall–Kier alpha value is -3.15. The van der Waals surface area contributed by atoms with Crippen molar-refractivity contribution in [3.8, 4) is 0 Å². The quantitative estimate of drug-likeness (QED) is 0.664. The van der Waals surface area contributed by atoms with Crippen LogP contribution in [0.15, 0.2) is 48.5 Å². The van der Waals surface area contributed by atoms with Crippen molar-refractivity contribution >= 4 is 23.4 Å². The lowest BCUT2D eigenvalue weighted by Gasteiger charge is -2.44. The van der Waals surface area contributed by atoms with Crippen LogP contribution >= 0.6 is 0 Å². The van der Waals surface area contributed by atoms with Gasteiger partial charge in [-0.05, 0) is 53.9 Å². The average Bonchev–Trinajstić information content (AvgIpc) is 3.49. The highest BCUT2D eigenvalue weighted by Crippen LogP contribution is 2.34. The van der Waals surface area contributed by atoms with Crippen molar-refractivity contribution in [2.75, 3.05) is 11.4 Å². The Bertz CT molecular complexity index is 1100. The summed E-state index contributed by atoms with van der Waals surface area (Å²) < 4.78 is 0. The molecule has 0 bridgehead atoms. The lowest BCUT2D eigenvalue weighted by atomic mass is 9.86. The predicted octanol–water partition coefficient (Wildman–Crippen LogP) is 3.86. The minimum absolute atomic E-state index is 0.00172. The number of hydrogen-bond acceptors (Lipinski definition) is 3. The Morgan fingerprint density at radius 2 is 1.60 bits per heavy atom. The van der Waals surface area contributed by atoms with E-state index >= 15 is 0 Å². The maximum Gasteiger partial charge on any atom is 0.246 e. The number of nitrogens with one attached hydrogen (secondary N) is 1. The average molecular weight is 474 g/mol. The monoisotopic (exact) mass is 473 g/mol. The SMILES string of the molecule is CCC(CC)[C@@H]1C(=O)NC(C2Cc3ccccc3C2)C(=O)N1Cc1ccccc1N1CCCC1=O. The zero-order valence-corrected chi connectivity index (χ0v) is 20.7. The van der Waals surface area contributed by atoms with Crippen LogP contribution in [0.5, 0.6) is 0 Å². The van der Waals surface area contributed by atoms with Crippen LogP contribution < -0.4 is 10.2 Å². The number of carbonyl (C=O) groups excluding carboxylic acids is 3. The molecular formula is C29H35N3O3. The van der Waals surface area contributed by atoms with Crippen LogP contribution in [0.2, 0.25) is 0 Å². The molecular weight excluding hydrogens is 438 g/mol. The molecule has 1 N–H and O–H groups in total. The smallest absolute Gasteiger partial charge is 0.246 e. The molecule has 2 aromatic carbocycles. The highest BCUT2D eigenvalue weighted by Gasteiger charge is 2.47. The van der Waals surface area contributed by atoms with Crippen LogP contribution in [-0.4, -0.2) is 41.2 Å². The number of hydrogen-bond donors (Lipinski definition) is 1. The standard InChI is InChI=1S/C29H35N3O3/c1-3-19(4-2)27-28(34)30-26(23-16-20-10-5-6-11-21(20)17-23)29(35)32(27)18-22-12-7-8-13-24(22)31-15-9-14-25(31)33/h5-8,10-13,19,23,26-27H,3-4,9,14-18H2,1-2H3,(H,30,34)/t26?,27-/m1/s1. The molecule has 2 saturated heterocycles. The Morgan fingerprint density at radius 3 is 2.23 bits per heavy atom. The van der Waals surface area contributed by atoms with Gasteiger partial charge in [0.05, 0.1) is 0 Å².